The summed E-state index contributed by atoms with van der Waals surface area (Å²) >= 11 is 0. The zero-order valence-corrected chi connectivity index (χ0v) is 26.1. The van der Waals surface area contributed by atoms with Gasteiger partial charge in [-0.1, -0.05) is 128 Å². The van der Waals surface area contributed by atoms with Gasteiger partial charge >= 0.3 is 0 Å². The lowest BCUT2D eigenvalue weighted by Crippen LogP contribution is -2.11. The molecule has 0 unspecified atom stereocenters. The molecule has 0 spiro atoms. The van der Waals surface area contributed by atoms with E-state index in [0.29, 0.717) is 0 Å². The Bertz CT molecular complexity index is 1160. The summed E-state index contributed by atoms with van der Waals surface area (Å²) in [5, 5.41) is 0. The number of aryl methyl sites for hydroxylation is 1. The molecule has 0 fully saturated rings. The molecule has 0 aliphatic rings. The summed E-state index contributed by atoms with van der Waals surface area (Å²) < 4.78 is 0. The van der Waals surface area contributed by atoms with Crippen LogP contribution in [0, 0.1) is 0 Å². The smallest absolute Gasteiger partial charge is 0.0636 e. The van der Waals surface area contributed by atoms with Crippen molar-refractivity contribution in [3.63, 3.8) is 0 Å². The normalized spacial score (nSPS) is 11.3. The molecule has 3 aromatic carbocycles. The summed E-state index contributed by atoms with van der Waals surface area (Å²) in [6.07, 6.45) is 19.1. The molecule has 218 valence electrons. The first-order valence-corrected chi connectivity index (χ1v) is 16.5. The van der Waals surface area contributed by atoms with Gasteiger partial charge in [-0.05, 0) is 90.3 Å². The number of anilines is 2. The Kier molecular flexibility index (Phi) is 13.6. The highest BCUT2D eigenvalue weighted by atomic mass is 14.7. The summed E-state index contributed by atoms with van der Waals surface area (Å²) in [6.45, 7) is 9.17. The molecule has 0 aliphatic carbocycles. The van der Waals surface area contributed by atoms with Gasteiger partial charge in [0.2, 0.25) is 0 Å². The molecule has 3 rings (SSSR count). The maximum absolute atomic E-state index is 7.06. The van der Waals surface area contributed by atoms with Crippen molar-refractivity contribution in [2.75, 3.05) is 11.5 Å². The van der Waals surface area contributed by atoms with Crippen LogP contribution in [0.4, 0.5) is 11.4 Å². The molecule has 0 bridgehead atoms. The molecule has 0 aromatic heterocycles. The minimum Gasteiger partial charge on any atom is -0.397 e. The van der Waals surface area contributed by atoms with E-state index in [2.05, 4.69) is 76.2 Å². The topological polar surface area (TPSA) is 52.0 Å². The van der Waals surface area contributed by atoms with Crippen LogP contribution in [0.3, 0.4) is 0 Å². The largest absolute Gasteiger partial charge is 0.397 e. The number of rotatable bonds is 18. The lowest BCUT2D eigenvalue weighted by Gasteiger charge is -2.27. The van der Waals surface area contributed by atoms with Crippen LogP contribution in [0.25, 0.3) is 22.3 Å². The van der Waals surface area contributed by atoms with Gasteiger partial charge in [0.1, 0.15) is 0 Å². The third-order valence-corrected chi connectivity index (χ3v) is 8.55. The van der Waals surface area contributed by atoms with E-state index in [4.69, 9.17) is 11.5 Å². The van der Waals surface area contributed by atoms with Crippen molar-refractivity contribution in [1.82, 2.24) is 0 Å². The highest BCUT2D eigenvalue weighted by molar-refractivity contribution is 6.00. The zero-order chi connectivity index (χ0) is 28.7. The van der Waals surface area contributed by atoms with Crippen molar-refractivity contribution < 1.29 is 0 Å². The highest BCUT2D eigenvalue weighted by Gasteiger charge is 2.25. The van der Waals surface area contributed by atoms with Crippen LogP contribution < -0.4 is 11.5 Å². The number of nitrogens with two attached hydrogens (primary N) is 2. The molecule has 4 N–H and O–H groups in total. The van der Waals surface area contributed by atoms with Crippen LogP contribution in [0.2, 0.25) is 0 Å². The lowest BCUT2D eigenvalue weighted by molar-refractivity contribution is 0.692. The lowest BCUT2D eigenvalue weighted by atomic mass is 9.79. The fraction of sp³-hybridized carbons (Fsp3) is 0.526. The third-order valence-electron chi connectivity index (χ3n) is 8.55. The molecule has 2 heteroatoms. The summed E-state index contributed by atoms with van der Waals surface area (Å²) in [4.78, 5) is 0. The summed E-state index contributed by atoms with van der Waals surface area (Å²) in [5.41, 5.74) is 26.6. The molecule has 40 heavy (non-hydrogen) atoms. The van der Waals surface area contributed by atoms with Gasteiger partial charge in [-0.25, -0.2) is 0 Å². The van der Waals surface area contributed by atoms with E-state index in [0.717, 1.165) is 49.0 Å². The Morgan fingerprint density at radius 3 is 1.55 bits per heavy atom. The van der Waals surface area contributed by atoms with Crippen molar-refractivity contribution in [2.24, 2.45) is 0 Å². The maximum atomic E-state index is 7.06. The number of nitrogen functional groups attached to an aromatic ring is 2. The molecule has 3 aromatic rings. The van der Waals surface area contributed by atoms with Crippen LogP contribution in [-0.4, -0.2) is 0 Å². The molecular formula is C38H56N2. The fourth-order valence-electron chi connectivity index (χ4n) is 6.28. The van der Waals surface area contributed by atoms with Gasteiger partial charge in [0, 0.05) is 5.56 Å². The second kappa shape index (κ2) is 17.2. The quantitative estimate of drug-likeness (QED) is 0.124. The third kappa shape index (κ3) is 8.15. The molecule has 0 saturated carbocycles. The number of unbranched alkanes of at least 4 members (excludes halogenated alkanes) is 8. The van der Waals surface area contributed by atoms with Gasteiger partial charge in [-0.2, -0.15) is 0 Å². The van der Waals surface area contributed by atoms with E-state index >= 15 is 0 Å². The standard InChI is InChI=1S/C38H56N2/c1-5-9-14-21-29-24-20-28-32(31(29)25-15-10-6-2)36-33(26-16-11-7-3)34(27-17-12-8-4)37(39)38(40)35(36)30-22-18-13-19-23-30/h13,18-20,22-24,28H,5-12,14-17,21,25-27,39-40H2,1-4H3. The van der Waals surface area contributed by atoms with Gasteiger partial charge in [-0.3, -0.25) is 0 Å². The Balaban J connectivity index is 2.36. The van der Waals surface area contributed by atoms with E-state index < -0.39 is 0 Å². The molecule has 2 nitrogen and oxygen atoms in total. The van der Waals surface area contributed by atoms with Gasteiger partial charge in [-0.15, -0.1) is 0 Å². The first-order chi connectivity index (χ1) is 19.6. The predicted octanol–water partition coefficient (Wildman–Crippen LogP) is 11.1. The molecule has 0 saturated heterocycles. The fourth-order valence-corrected chi connectivity index (χ4v) is 6.28. The number of benzene rings is 3. The van der Waals surface area contributed by atoms with Gasteiger partial charge in [0.05, 0.1) is 11.4 Å². The average Bonchev–Trinajstić information content (AvgIpc) is 2.97. The molecular weight excluding hydrogens is 484 g/mol. The van der Waals surface area contributed by atoms with Crippen LogP contribution >= 0.6 is 0 Å². The van der Waals surface area contributed by atoms with Crippen LogP contribution in [-0.2, 0) is 25.7 Å². The molecule has 0 heterocycles. The Labute approximate surface area is 246 Å². The second-order valence-electron chi connectivity index (χ2n) is 11.7. The van der Waals surface area contributed by atoms with Gasteiger partial charge < -0.3 is 11.5 Å². The molecule has 0 amide bonds. The first-order valence-electron chi connectivity index (χ1n) is 16.5. The van der Waals surface area contributed by atoms with Crippen molar-refractivity contribution in [3.8, 4) is 22.3 Å². The highest BCUT2D eigenvalue weighted by Crippen LogP contribution is 2.47. The van der Waals surface area contributed by atoms with E-state index in [1.807, 2.05) is 0 Å². The van der Waals surface area contributed by atoms with Crippen LogP contribution in [0.5, 0.6) is 0 Å². The van der Waals surface area contributed by atoms with Crippen molar-refractivity contribution in [3.05, 3.63) is 70.8 Å². The van der Waals surface area contributed by atoms with Crippen LogP contribution in [0.1, 0.15) is 127 Å². The Morgan fingerprint density at radius 2 is 0.975 bits per heavy atom. The average molecular weight is 541 g/mol. The summed E-state index contributed by atoms with van der Waals surface area (Å²) in [7, 11) is 0. The zero-order valence-electron chi connectivity index (χ0n) is 26.1. The predicted molar refractivity (Wildman–Crippen MR) is 179 cm³/mol. The van der Waals surface area contributed by atoms with Gasteiger partial charge in [0.25, 0.3) is 0 Å². The number of hydrogen-bond acceptors (Lipinski definition) is 2. The Morgan fingerprint density at radius 1 is 0.450 bits per heavy atom. The second-order valence-corrected chi connectivity index (χ2v) is 11.7. The van der Waals surface area contributed by atoms with Crippen molar-refractivity contribution in [2.45, 2.75) is 130 Å². The van der Waals surface area contributed by atoms with E-state index in [1.165, 1.54) is 104 Å². The maximum Gasteiger partial charge on any atom is 0.0636 e. The van der Waals surface area contributed by atoms with Gasteiger partial charge in [0.15, 0.2) is 0 Å². The molecule has 0 aliphatic heterocycles. The summed E-state index contributed by atoms with van der Waals surface area (Å²) in [5.74, 6) is 0. The Hall–Kier alpha value is -2.74. The SMILES string of the molecule is CCCCCc1cccc(-c2c(CCCCC)c(CCCCC)c(N)c(N)c2-c2ccccc2)c1CCCCC. The molecule has 0 radical (unpaired) electrons. The minimum absolute atomic E-state index is 0.767. The van der Waals surface area contributed by atoms with E-state index in [9.17, 15) is 0 Å². The van der Waals surface area contributed by atoms with Crippen molar-refractivity contribution in [1.29, 1.82) is 0 Å². The number of hydrogen-bond donors (Lipinski definition) is 2. The van der Waals surface area contributed by atoms with E-state index in [-0.39, 0.29) is 0 Å². The van der Waals surface area contributed by atoms with E-state index in [1.54, 1.807) is 5.56 Å². The monoisotopic (exact) mass is 540 g/mol. The van der Waals surface area contributed by atoms with Crippen LogP contribution in [0.15, 0.2) is 48.5 Å². The molecule has 0 atom stereocenters. The first kappa shape index (κ1) is 31.8. The van der Waals surface area contributed by atoms with Crippen molar-refractivity contribution >= 4 is 11.4 Å². The summed E-state index contributed by atoms with van der Waals surface area (Å²) in [6, 6.07) is 17.9. The minimum atomic E-state index is 0.767.